The monoisotopic (exact) mass is 357 g/mol. The fourth-order valence-corrected chi connectivity index (χ4v) is 2.74. The highest BCUT2D eigenvalue weighted by Gasteiger charge is 2.39. The summed E-state index contributed by atoms with van der Waals surface area (Å²) in [7, 11) is 0. The molecule has 8 heteroatoms. The maximum Gasteiger partial charge on any atom is 0.325 e. The van der Waals surface area contributed by atoms with Gasteiger partial charge in [0.15, 0.2) is 0 Å². The number of imide groups is 1. The van der Waals surface area contributed by atoms with Crippen molar-refractivity contribution < 1.29 is 14.4 Å². The van der Waals surface area contributed by atoms with E-state index in [1.165, 1.54) is 6.07 Å². The highest BCUT2D eigenvalue weighted by atomic mass is 35.5. The van der Waals surface area contributed by atoms with Crippen molar-refractivity contribution in [3.63, 3.8) is 0 Å². The van der Waals surface area contributed by atoms with Gasteiger partial charge in [-0.25, -0.2) is 4.79 Å². The Morgan fingerprint density at radius 1 is 1.35 bits per heavy atom. The molecule has 0 aromatic heterocycles. The van der Waals surface area contributed by atoms with E-state index >= 15 is 0 Å². The van der Waals surface area contributed by atoms with Crippen molar-refractivity contribution in [1.82, 2.24) is 10.2 Å². The normalized spacial score (nSPS) is 17.6. The smallest absolute Gasteiger partial charge is 0.325 e. The van der Waals surface area contributed by atoms with Crippen LogP contribution in [0.3, 0.4) is 0 Å². The van der Waals surface area contributed by atoms with Crippen LogP contribution < -0.4 is 10.6 Å². The summed E-state index contributed by atoms with van der Waals surface area (Å²) >= 11 is 11.8. The average molecular weight is 358 g/mol. The van der Waals surface area contributed by atoms with Crippen LogP contribution in [0.25, 0.3) is 0 Å². The average Bonchev–Trinajstić information content (AvgIpc) is 2.69. The van der Waals surface area contributed by atoms with Gasteiger partial charge in [0.05, 0.1) is 10.7 Å². The summed E-state index contributed by atoms with van der Waals surface area (Å²) in [5.74, 6) is -0.644. The number of halogens is 2. The molecular weight excluding hydrogens is 341 g/mol. The first-order valence-corrected chi connectivity index (χ1v) is 7.90. The molecule has 1 aliphatic heterocycles. The van der Waals surface area contributed by atoms with Gasteiger partial charge in [-0.05, 0) is 30.5 Å². The van der Waals surface area contributed by atoms with Gasteiger partial charge < -0.3 is 10.6 Å². The Hall–Kier alpha value is -1.79. The number of nitrogens with one attached hydrogen (secondary N) is 2. The van der Waals surface area contributed by atoms with Crippen molar-refractivity contribution in [1.29, 1.82) is 0 Å². The number of hydrogen-bond acceptors (Lipinski definition) is 3. The Morgan fingerprint density at radius 2 is 2.04 bits per heavy atom. The molecular formula is C15H17Cl2N3O3. The van der Waals surface area contributed by atoms with Crippen LogP contribution in [0.4, 0.5) is 10.5 Å². The van der Waals surface area contributed by atoms with E-state index in [9.17, 15) is 14.4 Å². The molecule has 1 fully saturated rings. The van der Waals surface area contributed by atoms with E-state index in [0.29, 0.717) is 17.1 Å². The lowest BCUT2D eigenvalue weighted by Crippen LogP contribution is -2.38. The maximum absolute atomic E-state index is 12.2. The van der Waals surface area contributed by atoms with E-state index in [4.69, 9.17) is 23.2 Å². The first-order chi connectivity index (χ1) is 10.8. The molecule has 1 heterocycles. The largest absolute Gasteiger partial charge is 0.326 e. The molecule has 23 heavy (non-hydrogen) atoms. The third-order valence-corrected chi connectivity index (χ3v) is 3.87. The minimum absolute atomic E-state index is 0.255. The molecule has 0 saturated carbocycles. The molecule has 1 saturated heterocycles. The number of urea groups is 1. The van der Waals surface area contributed by atoms with E-state index in [2.05, 4.69) is 10.6 Å². The van der Waals surface area contributed by atoms with Gasteiger partial charge in [0.1, 0.15) is 12.6 Å². The molecule has 0 radical (unpaired) electrons. The van der Waals surface area contributed by atoms with Crippen LogP contribution in [-0.2, 0) is 9.59 Å². The van der Waals surface area contributed by atoms with E-state index in [1.54, 1.807) is 12.1 Å². The van der Waals surface area contributed by atoms with Crippen molar-refractivity contribution in [3.8, 4) is 0 Å². The predicted octanol–water partition coefficient (Wildman–Crippen LogP) is 2.90. The van der Waals surface area contributed by atoms with Crippen LogP contribution >= 0.6 is 23.2 Å². The molecule has 6 nitrogen and oxygen atoms in total. The topological polar surface area (TPSA) is 78.5 Å². The quantitative estimate of drug-likeness (QED) is 0.795. The van der Waals surface area contributed by atoms with Crippen molar-refractivity contribution >= 4 is 46.7 Å². The van der Waals surface area contributed by atoms with Crippen molar-refractivity contribution in [2.24, 2.45) is 5.92 Å². The van der Waals surface area contributed by atoms with Gasteiger partial charge in [-0.2, -0.15) is 0 Å². The SMILES string of the molecule is CC(C)CC1NC(=O)N(CC(=O)Nc2ccc(Cl)cc2Cl)C1=O. The highest BCUT2D eigenvalue weighted by molar-refractivity contribution is 6.36. The van der Waals surface area contributed by atoms with Gasteiger partial charge in [0.2, 0.25) is 5.91 Å². The molecule has 1 aromatic rings. The third-order valence-electron chi connectivity index (χ3n) is 3.32. The standard InChI is InChI=1S/C15H17Cl2N3O3/c1-8(2)5-12-14(22)20(15(23)19-12)7-13(21)18-11-4-3-9(16)6-10(11)17/h3-4,6,8,12H,5,7H2,1-2H3,(H,18,21)(H,19,23). The van der Waals surface area contributed by atoms with Gasteiger partial charge in [-0.3, -0.25) is 14.5 Å². The molecule has 4 amide bonds. The molecule has 1 unspecified atom stereocenters. The zero-order chi connectivity index (χ0) is 17.1. The van der Waals surface area contributed by atoms with Crippen molar-refractivity contribution in [2.75, 3.05) is 11.9 Å². The number of anilines is 1. The lowest BCUT2D eigenvalue weighted by atomic mass is 10.0. The molecule has 124 valence electrons. The Labute approximate surface area is 144 Å². The number of carbonyl (C=O) groups is 3. The molecule has 0 aliphatic carbocycles. The fraction of sp³-hybridized carbons (Fsp3) is 0.400. The summed E-state index contributed by atoms with van der Waals surface area (Å²) < 4.78 is 0. The number of nitrogens with zero attached hydrogens (tertiary/aromatic N) is 1. The molecule has 1 aliphatic rings. The first kappa shape index (κ1) is 17.6. The number of amides is 4. The minimum Gasteiger partial charge on any atom is -0.326 e. The summed E-state index contributed by atoms with van der Waals surface area (Å²) in [6.07, 6.45) is 0.533. The van der Waals surface area contributed by atoms with Crippen molar-refractivity contribution in [3.05, 3.63) is 28.2 Å². The number of benzene rings is 1. The second-order valence-corrected chi connectivity index (χ2v) is 6.57. The molecule has 2 N–H and O–H groups in total. The lowest BCUT2D eigenvalue weighted by molar-refractivity contribution is -0.131. The number of rotatable bonds is 5. The zero-order valence-corrected chi connectivity index (χ0v) is 14.2. The Kier molecular flexibility index (Phi) is 5.49. The Balaban J connectivity index is 1.99. The summed E-state index contributed by atoms with van der Waals surface area (Å²) in [5.41, 5.74) is 0.367. The fourth-order valence-electron chi connectivity index (χ4n) is 2.28. The van der Waals surface area contributed by atoms with Crippen LogP contribution in [0.2, 0.25) is 10.0 Å². The molecule has 2 rings (SSSR count). The van der Waals surface area contributed by atoms with Gasteiger partial charge in [-0.15, -0.1) is 0 Å². The summed E-state index contributed by atoms with van der Waals surface area (Å²) in [4.78, 5) is 37.0. The van der Waals surface area contributed by atoms with E-state index in [0.717, 1.165) is 4.90 Å². The summed E-state index contributed by atoms with van der Waals surface area (Å²) in [6, 6.07) is 3.49. The highest BCUT2D eigenvalue weighted by Crippen LogP contribution is 2.25. The van der Waals surface area contributed by atoms with Gasteiger partial charge >= 0.3 is 6.03 Å². The lowest BCUT2D eigenvalue weighted by Gasteiger charge is -2.14. The third kappa shape index (κ3) is 4.36. The van der Waals surface area contributed by atoms with Crippen LogP contribution in [0, 0.1) is 5.92 Å². The number of hydrogen-bond donors (Lipinski definition) is 2. The second kappa shape index (κ2) is 7.19. The minimum atomic E-state index is -0.575. The zero-order valence-electron chi connectivity index (χ0n) is 12.7. The van der Waals surface area contributed by atoms with Gasteiger partial charge in [-0.1, -0.05) is 37.0 Å². The van der Waals surface area contributed by atoms with Gasteiger partial charge in [0, 0.05) is 5.02 Å². The summed E-state index contributed by atoms with van der Waals surface area (Å²) in [5, 5.41) is 5.87. The van der Waals surface area contributed by atoms with E-state index < -0.39 is 18.0 Å². The van der Waals surface area contributed by atoms with Crippen LogP contribution in [0.5, 0.6) is 0 Å². The van der Waals surface area contributed by atoms with Crippen LogP contribution in [0.1, 0.15) is 20.3 Å². The van der Waals surface area contributed by atoms with Crippen molar-refractivity contribution in [2.45, 2.75) is 26.3 Å². The molecule has 1 aromatic carbocycles. The molecule has 0 spiro atoms. The molecule has 0 bridgehead atoms. The second-order valence-electron chi connectivity index (χ2n) is 5.73. The Morgan fingerprint density at radius 3 is 2.65 bits per heavy atom. The molecule has 1 atom stereocenters. The predicted molar refractivity (Wildman–Crippen MR) is 88.6 cm³/mol. The van der Waals surface area contributed by atoms with E-state index in [1.807, 2.05) is 13.8 Å². The van der Waals surface area contributed by atoms with Gasteiger partial charge in [0.25, 0.3) is 5.91 Å². The maximum atomic E-state index is 12.2. The first-order valence-electron chi connectivity index (χ1n) is 7.14. The van der Waals surface area contributed by atoms with E-state index in [-0.39, 0.29) is 23.4 Å². The van der Waals surface area contributed by atoms with Crippen LogP contribution in [-0.4, -0.2) is 35.3 Å². The number of carbonyl (C=O) groups excluding carboxylic acids is 3. The Bertz CT molecular complexity index is 649. The van der Waals surface area contributed by atoms with Crippen LogP contribution in [0.15, 0.2) is 18.2 Å². The summed E-state index contributed by atoms with van der Waals surface area (Å²) in [6.45, 7) is 3.55.